The maximum Gasteiger partial charge on any atom is 0.301 e. The smallest absolute Gasteiger partial charge is 0.301 e. The molecule has 0 aliphatic heterocycles. The zero-order valence-corrected chi connectivity index (χ0v) is 6.11. The number of hydrogen-bond acceptors (Lipinski definition) is 3. The summed E-state index contributed by atoms with van der Waals surface area (Å²) in [6.45, 7) is 0. The van der Waals surface area contributed by atoms with Crippen molar-refractivity contribution in [2.45, 2.75) is 0 Å². The lowest BCUT2D eigenvalue weighted by Crippen LogP contribution is -1.68. The Balaban J connectivity index is 2.93. The summed E-state index contributed by atoms with van der Waals surface area (Å²) in [6.07, 6.45) is 0. The van der Waals surface area contributed by atoms with Crippen LogP contribution in [0.5, 0.6) is 5.95 Å². The molecule has 58 valence electrons. The maximum absolute atomic E-state index is 9.15. The summed E-state index contributed by atoms with van der Waals surface area (Å²) >= 11 is 0. The maximum atomic E-state index is 9.15. The Labute approximate surface area is 68.5 Å². The molecule has 0 radical (unpaired) electrons. The molecule has 0 amide bonds. The molecule has 0 bridgehead atoms. The Morgan fingerprint density at radius 3 is 2.83 bits per heavy atom. The zero-order chi connectivity index (χ0) is 8.55. The van der Waals surface area contributed by atoms with Gasteiger partial charge in [-0.1, -0.05) is 12.1 Å². The number of benzene rings is 1. The van der Waals surface area contributed by atoms with Gasteiger partial charge in [-0.15, -0.1) is 0 Å². The fourth-order valence-corrected chi connectivity index (χ4v) is 1.14. The molecule has 0 aliphatic carbocycles. The van der Waals surface area contributed by atoms with Crippen LogP contribution in [0.1, 0.15) is 5.56 Å². The van der Waals surface area contributed by atoms with E-state index in [1.165, 1.54) is 0 Å². The van der Waals surface area contributed by atoms with Crippen molar-refractivity contribution in [3.63, 3.8) is 0 Å². The number of hydrogen-bond donors (Lipinski definition) is 1. The second-order valence-corrected chi connectivity index (χ2v) is 2.39. The molecule has 0 saturated carbocycles. The molecule has 3 nitrogen and oxygen atoms in total. The molecule has 0 aliphatic rings. The quantitative estimate of drug-likeness (QED) is 0.639. The lowest BCUT2D eigenvalue weighted by atomic mass is 10.2. The molecule has 0 unspecified atom stereocenters. The molecule has 2 rings (SSSR count). The SMILES string of the molecule is N#Cc1c(O)oc2ccccc12. The van der Waals surface area contributed by atoms with Crippen LogP contribution < -0.4 is 0 Å². The largest absolute Gasteiger partial charge is 0.480 e. The van der Waals surface area contributed by atoms with E-state index in [2.05, 4.69) is 0 Å². The van der Waals surface area contributed by atoms with Crippen LogP contribution in [0, 0.1) is 11.3 Å². The first kappa shape index (κ1) is 6.74. The minimum atomic E-state index is -0.307. The Hall–Kier alpha value is -1.95. The number of furan rings is 1. The molecule has 1 aromatic heterocycles. The van der Waals surface area contributed by atoms with Gasteiger partial charge in [-0.3, -0.25) is 0 Å². The zero-order valence-electron chi connectivity index (χ0n) is 6.11. The Kier molecular flexibility index (Phi) is 1.28. The van der Waals surface area contributed by atoms with Gasteiger partial charge in [0.15, 0.2) is 0 Å². The number of fused-ring (bicyclic) bond motifs is 1. The van der Waals surface area contributed by atoms with Gasteiger partial charge in [-0.05, 0) is 12.1 Å². The van der Waals surface area contributed by atoms with Crippen molar-refractivity contribution in [1.29, 1.82) is 5.26 Å². The van der Waals surface area contributed by atoms with Crippen LogP contribution >= 0.6 is 0 Å². The Bertz CT molecular complexity index is 465. The van der Waals surface area contributed by atoms with E-state index >= 15 is 0 Å². The molecular formula is C9H5NO2. The van der Waals surface area contributed by atoms with Crippen molar-refractivity contribution in [1.82, 2.24) is 0 Å². The first-order valence-electron chi connectivity index (χ1n) is 3.43. The van der Waals surface area contributed by atoms with Crippen LogP contribution in [0.4, 0.5) is 0 Å². The van der Waals surface area contributed by atoms with Crippen molar-refractivity contribution < 1.29 is 9.52 Å². The molecule has 0 saturated heterocycles. The molecule has 0 atom stereocenters. The van der Waals surface area contributed by atoms with Gasteiger partial charge in [0.1, 0.15) is 17.2 Å². The summed E-state index contributed by atoms with van der Waals surface area (Å²) in [5.41, 5.74) is 0.733. The minimum Gasteiger partial charge on any atom is -0.480 e. The van der Waals surface area contributed by atoms with Crippen LogP contribution in [-0.4, -0.2) is 5.11 Å². The number of nitriles is 1. The van der Waals surface area contributed by atoms with E-state index in [0.29, 0.717) is 11.0 Å². The van der Waals surface area contributed by atoms with E-state index < -0.39 is 0 Å². The Morgan fingerprint density at radius 1 is 1.33 bits per heavy atom. The van der Waals surface area contributed by atoms with Gasteiger partial charge in [0, 0.05) is 5.39 Å². The first-order valence-corrected chi connectivity index (χ1v) is 3.43. The molecule has 12 heavy (non-hydrogen) atoms. The van der Waals surface area contributed by atoms with Gasteiger partial charge >= 0.3 is 5.95 Å². The van der Waals surface area contributed by atoms with Crippen molar-refractivity contribution >= 4 is 11.0 Å². The summed E-state index contributed by atoms with van der Waals surface area (Å²) < 4.78 is 4.92. The van der Waals surface area contributed by atoms with E-state index in [1.54, 1.807) is 24.3 Å². The van der Waals surface area contributed by atoms with Crippen molar-refractivity contribution in [3.05, 3.63) is 29.8 Å². The predicted molar refractivity (Wildman–Crippen MR) is 42.6 cm³/mol. The summed E-state index contributed by atoms with van der Waals surface area (Å²) in [5, 5.41) is 18.4. The van der Waals surface area contributed by atoms with Gasteiger partial charge in [0.25, 0.3) is 0 Å². The molecule has 1 N–H and O–H groups in total. The normalized spacial score (nSPS) is 9.92. The van der Waals surface area contributed by atoms with E-state index in [0.717, 1.165) is 0 Å². The van der Waals surface area contributed by atoms with Crippen LogP contribution in [0.2, 0.25) is 0 Å². The van der Waals surface area contributed by atoms with Gasteiger partial charge in [0.05, 0.1) is 0 Å². The third kappa shape index (κ3) is 0.753. The number of para-hydroxylation sites is 1. The summed E-state index contributed by atoms with van der Waals surface area (Å²) in [7, 11) is 0. The van der Waals surface area contributed by atoms with Gasteiger partial charge in [-0.25, -0.2) is 0 Å². The van der Waals surface area contributed by atoms with E-state index in [1.807, 2.05) is 6.07 Å². The second kappa shape index (κ2) is 2.28. The third-order valence-electron chi connectivity index (χ3n) is 1.69. The fourth-order valence-electron chi connectivity index (χ4n) is 1.14. The van der Waals surface area contributed by atoms with Crippen molar-refractivity contribution in [3.8, 4) is 12.0 Å². The summed E-state index contributed by atoms with van der Waals surface area (Å²) in [6, 6.07) is 8.89. The summed E-state index contributed by atoms with van der Waals surface area (Å²) in [4.78, 5) is 0. The van der Waals surface area contributed by atoms with Crippen LogP contribution in [0.15, 0.2) is 28.7 Å². The fraction of sp³-hybridized carbons (Fsp3) is 0. The van der Waals surface area contributed by atoms with Crippen molar-refractivity contribution in [2.75, 3.05) is 0 Å². The standard InChI is InChI=1S/C9H5NO2/c10-5-7-6-3-1-2-4-8(6)12-9(7)11/h1-4,11H. The molecule has 2 aromatic rings. The minimum absolute atomic E-state index is 0.200. The van der Waals surface area contributed by atoms with Crippen molar-refractivity contribution in [2.24, 2.45) is 0 Å². The van der Waals surface area contributed by atoms with Gasteiger partial charge < -0.3 is 9.52 Å². The predicted octanol–water partition coefficient (Wildman–Crippen LogP) is 2.01. The number of rotatable bonds is 0. The van der Waals surface area contributed by atoms with E-state index in [-0.39, 0.29) is 11.5 Å². The topological polar surface area (TPSA) is 57.2 Å². The molecule has 1 heterocycles. The molecule has 0 fully saturated rings. The molecular weight excluding hydrogens is 154 g/mol. The van der Waals surface area contributed by atoms with E-state index in [9.17, 15) is 0 Å². The summed E-state index contributed by atoms with van der Waals surface area (Å²) in [5.74, 6) is -0.307. The van der Waals surface area contributed by atoms with Crippen LogP contribution in [0.25, 0.3) is 11.0 Å². The second-order valence-electron chi connectivity index (χ2n) is 2.39. The van der Waals surface area contributed by atoms with E-state index in [4.69, 9.17) is 14.8 Å². The van der Waals surface area contributed by atoms with Gasteiger partial charge in [0.2, 0.25) is 0 Å². The highest BCUT2D eigenvalue weighted by Crippen LogP contribution is 2.29. The first-order chi connectivity index (χ1) is 5.83. The number of nitrogens with zero attached hydrogens (tertiary/aromatic N) is 1. The highest BCUT2D eigenvalue weighted by Gasteiger charge is 2.10. The highest BCUT2D eigenvalue weighted by atomic mass is 16.5. The van der Waals surface area contributed by atoms with Gasteiger partial charge in [-0.2, -0.15) is 5.26 Å². The average molecular weight is 159 g/mol. The Morgan fingerprint density at radius 2 is 2.08 bits per heavy atom. The lowest BCUT2D eigenvalue weighted by molar-refractivity contribution is 0.345. The van der Waals surface area contributed by atoms with Crippen LogP contribution in [0.3, 0.4) is 0 Å². The average Bonchev–Trinajstić information content (AvgIpc) is 2.40. The third-order valence-corrected chi connectivity index (χ3v) is 1.69. The highest BCUT2D eigenvalue weighted by molar-refractivity contribution is 5.85. The molecule has 1 aromatic carbocycles. The molecule has 3 heteroatoms. The van der Waals surface area contributed by atoms with Crippen LogP contribution in [-0.2, 0) is 0 Å². The lowest BCUT2D eigenvalue weighted by Gasteiger charge is -1.82. The number of aromatic hydroxyl groups is 1. The molecule has 0 spiro atoms. The monoisotopic (exact) mass is 159 g/mol.